The lowest BCUT2D eigenvalue weighted by Crippen LogP contribution is -2.52. The molecule has 0 spiro atoms. The van der Waals surface area contributed by atoms with Crippen LogP contribution in [0.25, 0.3) is 0 Å². The first kappa shape index (κ1) is 32.4. The highest BCUT2D eigenvalue weighted by Gasteiger charge is 2.34. The summed E-state index contributed by atoms with van der Waals surface area (Å²) in [6, 6.07) is 17.6. The summed E-state index contributed by atoms with van der Waals surface area (Å²) in [7, 11) is -4.15. The van der Waals surface area contributed by atoms with E-state index >= 15 is 0 Å². The first-order valence-corrected chi connectivity index (χ1v) is 15.7. The fourth-order valence-electron chi connectivity index (χ4n) is 4.39. The second kappa shape index (κ2) is 14.2. The standard InChI is InChI=1S/C31H37Cl2N3O4S/c1-6-28(31(38)34-18-21(2)3)35(19-25-26(32)11-9-12-27(25)33)30(37)20-36(29-13-8-7-10-23(29)5)41(39,40)24-16-14-22(4)15-17-24/h7-17,21,28H,6,18-20H2,1-5H3,(H,34,38)/t28-/m0/s1. The molecule has 220 valence electrons. The molecule has 0 aromatic heterocycles. The number of rotatable bonds is 12. The number of hydrogen-bond acceptors (Lipinski definition) is 4. The summed E-state index contributed by atoms with van der Waals surface area (Å²) >= 11 is 12.9. The number of sulfonamides is 1. The Bertz CT molecular complexity index is 1460. The SMILES string of the molecule is CC[C@@H](C(=O)NCC(C)C)N(Cc1c(Cl)cccc1Cl)C(=O)CN(c1ccccc1C)S(=O)(=O)c1ccc(C)cc1. The van der Waals surface area contributed by atoms with Crippen LogP contribution in [0.5, 0.6) is 0 Å². The molecule has 0 unspecified atom stereocenters. The second-order valence-corrected chi connectivity index (χ2v) is 13.1. The fourth-order valence-corrected chi connectivity index (χ4v) is 6.39. The summed E-state index contributed by atoms with van der Waals surface area (Å²) in [4.78, 5) is 29.0. The van der Waals surface area contributed by atoms with Gasteiger partial charge in [0.15, 0.2) is 0 Å². The van der Waals surface area contributed by atoms with Crippen LogP contribution in [-0.2, 0) is 26.2 Å². The molecule has 0 aliphatic carbocycles. The fraction of sp³-hybridized carbons (Fsp3) is 0.355. The minimum atomic E-state index is -4.15. The summed E-state index contributed by atoms with van der Waals surface area (Å²) in [6.07, 6.45) is 0.298. The van der Waals surface area contributed by atoms with Crippen LogP contribution >= 0.6 is 23.2 Å². The molecule has 1 atom stereocenters. The van der Waals surface area contributed by atoms with E-state index in [4.69, 9.17) is 23.2 Å². The zero-order valence-corrected chi connectivity index (χ0v) is 26.4. The van der Waals surface area contributed by atoms with Gasteiger partial charge in [-0.3, -0.25) is 13.9 Å². The van der Waals surface area contributed by atoms with Crippen LogP contribution in [0.4, 0.5) is 5.69 Å². The molecular formula is C31H37Cl2N3O4S. The molecule has 0 radical (unpaired) electrons. The maximum Gasteiger partial charge on any atom is 0.264 e. The van der Waals surface area contributed by atoms with Crippen LogP contribution in [0.1, 0.15) is 43.9 Å². The molecule has 7 nitrogen and oxygen atoms in total. The number of nitrogens with one attached hydrogen (secondary N) is 1. The number of anilines is 1. The van der Waals surface area contributed by atoms with Gasteiger partial charge in [0.25, 0.3) is 10.0 Å². The molecule has 0 fully saturated rings. The highest BCUT2D eigenvalue weighted by Crippen LogP contribution is 2.30. The zero-order valence-electron chi connectivity index (χ0n) is 24.0. The van der Waals surface area contributed by atoms with Crippen molar-refractivity contribution in [3.63, 3.8) is 0 Å². The predicted octanol–water partition coefficient (Wildman–Crippen LogP) is 6.39. The van der Waals surface area contributed by atoms with Gasteiger partial charge >= 0.3 is 0 Å². The van der Waals surface area contributed by atoms with Crippen molar-refractivity contribution in [1.82, 2.24) is 10.2 Å². The Morgan fingerprint density at radius 3 is 2.07 bits per heavy atom. The summed E-state index contributed by atoms with van der Waals surface area (Å²) < 4.78 is 29.1. The maximum absolute atomic E-state index is 14.2. The average Bonchev–Trinajstić information content (AvgIpc) is 2.92. The normalized spacial score (nSPS) is 12.2. The molecular weight excluding hydrogens is 581 g/mol. The third kappa shape index (κ3) is 8.03. The van der Waals surface area contributed by atoms with Crippen LogP contribution in [0.2, 0.25) is 10.0 Å². The molecule has 10 heteroatoms. The molecule has 0 aliphatic heterocycles. The molecule has 3 aromatic carbocycles. The zero-order chi connectivity index (χ0) is 30.3. The summed E-state index contributed by atoms with van der Waals surface area (Å²) in [5, 5.41) is 3.59. The van der Waals surface area contributed by atoms with Gasteiger partial charge in [-0.25, -0.2) is 8.42 Å². The van der Waals surface area contributed by atoms with Crippen molar-refractivity contribution in [2.75, 3.05) is 17.4 Å². The Kier molecular flexibility index (Phi) is 11.2. The number of carbonyl (C=O) groups is 2. The van der Waals surface area contributed by atoms with Gasteiger partial charge in [-0.15, -0.1) is 0 Å². The summed E-state index contributed by atoms with van der Waals surface area (Å²) in [6.45, 7) is 9.23. The lowest BCUT2D eigenvalue weighted by molar-refractivity contribution is -0.140. The number of aryl methyl sites for hydroxylation is 2. The van der Waals surface area contributed by atoms with Gasteiger partial charge in [0, 0.05) is 28.7 Å². The van der Waals surface area contributed by atoms with Gasteiger partial charge in [-0.05, 0) is 62.1 Å². The third-order valence-electron chi connectivity index (χ3n) is 6.73. The van der Waals surface area contributed by atoms with Crippen molar-refractivity contribution in [2.24, 2.45) is 5.92 Å². The quantitative estimate of drug-likeness (QED) is 0.255. The van der Waals surface area contributed by atoms with Gasteiger partial charge in [-0.2, -0.15) is 0 Å². The van der Waals surface area contributed by atoms with E-state index in [9.17, 15) is 18.0 Å². The average molecular weight is 619 g/mol. The Balaban J connectivity index is 2.10. The summed E-state index contributed by atoms with van der Waals surface area (Å²) in [5.41, 5.74) is 2.43. The lowest BCUT2D eigenvalue weighted by atomic mass is 10.1. The number of carbonyl (C=O) groups excluding carboxylic acids is 2. The topological polar surface area (TPSA) is 86.8 Å². The molecule has 41 heavy (non-hydrogen) atoms. The summed E-state index contributed by atoms with van der Waals surface area (Å²) in [5.74, 6) is -0.692. The second-order valence-electron chi connectivity index (χ2n) is 10.4. The van der Waals surface area contributed by atoms with Gasteiger partial charge in [0.2, 0.25) is 11.8 Å². The highest BCUT2D eigenvalue weighted by atomic mass is 35.5. The van der Waals surface area contributed by atoms with Gasteiger partial charge in [0.1, 0.15) is 12.6 Å². The van der Waals surface area contributed by atoms with Crippen molar-refractivity contribution in [2.45, 2.75) is 58.5 Å². The molecule has 0 bridgehead atoms. The molecule has 0 aliphatic rings. The first-order valence-electron chi connectivity index (χ1n) is 13.5. The lowest BCUT2D eigenvalue weighted by Gasteiger charge is -2.34. The Hall–Kier alpha value is -3.07. The Morgan fingerprint density at radius 2 is 1.51 bits per heavy atom. The van der Waals surface area contributed by atoms with E-state index in [1.54, 1.807) is 68.4 Å². The van der Waals surface area contributed by atoms with E-state index in [0.717, 1.165) is 9.87 Å². The van der Waals surface area contributed by atoms with E-state index < -0.39 is 28.5 Å². The van der Waals surface area contributed by atoms with E-state index in [2.05, 4.69) is 5.32 Å². The van der Waals surface area contributed by atoms with E-state index in [1.165, 1.54) is 17.0 Å². The van der Waals surface area contributed by atoms with Crippen molar-refractivity contribution >= 4 is 50.7 Å². The minimum absolute atomic E-state index is 0.0570. The molecule has 3 rings (SSSR count). The van der Waals surface area contributed by atoms with E-state index in [0.29, 0.717) is 39.8 Å². The van der Waals surface area contributed by atoms with Crippen LogP contribution < -0.4 is 9.62 Å². The number of amides is 2. The number of halogens is 2. The molecule has 2 amide bonds. The van der Waals surface area contributed by atoms with Gasteiger partial charge in [0.05, 0.1) is 10.6 Å². The van der Waals surface area contributed by atoms with Crippen LogP contribution in [-0.4, -0.2) is 44.3 Å². The molecule has 0 heterocycles. The van der Waals surface area contributed by atoms with Crippen molar-refractivity contribution in [1.29, 1.82) is 0 Å². The number of para-hydroxylation sites is 1. The van der Waals surface area contributed by atoms with Gasteiger partial charge in [-0.1, -0.05) is 85.9 Å². The van der Waals surface area contributed by atoms with Crippen LogP contribution in [0.3, 0.4) is 0 Å². The maximum atomic E-state index is 14.2. The molecule has 0 saturated carbocycles. The minimum Gasteiger partial charge on any atom is -0.354 e. The van der Waals surface area contributed by atoms with Crippen molar-refractivity contribution in [3.8, 4) is 0 Å². The van der Waals surface area contributed by atoms with Crippen LogP contribution in [0.15, 0.2) is 71.6 Å². The number of benzene rings is 3. The smallest absolute Gasteiger partial charge is 0.264 e. The monoisotopic (exact) mass is 617 g/mol. The number of nitrogens with zero attached hydrogens (tertiary/aromatic N) is 2. The third-order valence-corrected chi connectivity index (χ3v) is 9.21. The van der Waals surface area contributed by atoms with Gasteiger partial charge < -0.3 is 10.2 Å². The Morgan fingerprint density at radius 1 is 0.902 bits per heavy atom. The molecule has 0 saturated heterocycles. The molecule has 1 N–H and O–H groups in total. The van der Waals surface area contributed by atoms with Crippen LogP contribution in [0, 0.1) is 19.8 Å². The largest absolute Gasteiger partial charge is 0.354 e. The first-order chi connectivity index (χ1) is 19.4. The molecule has 3 aromatic rings. The van der Waals surface area contributed by atoms with E-state index in [-0.39, 0.29) is 23.3 Å². The highest BCUT2D eigenvalue weighted by molar-refractivity contribution is 7.92. The van der Waals surface area contributed by atoms with Crippen molar-refractivity contribution in [3.05, 3.63) is 93.5 Å². The Labute approximate surface area is 253 Å². The number of hydrogen-bond donors (Lipinski definition) is 1. The predicted molar refractivity (Wildman–Crippen MR) is 166 cm³/mol. The van der Waals surface area contributed by atoms with E-state index in [1.807, 2.05) is 20.8 Å². The van der Waals surface area contributed by atoms with Crippen molar-refractivity contribution < 1.29 is 18.0 Å².